The summed E-state index contributed by atoms with van der Waals surface area (Å²) in [6.45, 7) is 3.96. The number of rotatable bonds is 3. The van der Waals surface area contributed by atoms with Gasteiger partial charge in [-0.3, -0.25) is 0 Å². The zero-order chi connectivity index (χ0) is 12.3. The van der Waals surface area contributed by atoms with Crippen LogP contribution in [0.3, 0.4) is 0 Å². The van der Waals surface area contributed by atoms with E-state index in [0.717, 1.165) is 29.7 Å². The van der Waals surface area contributed by atoms with E-state index in [1.807, 2.05) is 19.9 Å². The molecule has 0 atom stereocenters. The first kappa shape index (κ1) is 12.4. The maximum absolute atomic E-state index is 9.40. The topological polar surface area (TPSA) is 42.4 Å². The van der Waals surface area contributed by atoms with Crippen LogP contribution in [0.15, 0.2) is 6.07 Å². The molecule has 1 fully saturated rings. The first-order valence-corrected chi connectivity index (χ1v) is 6.45. The van der Waals surface area contributed by atoms with E-state index in [1.165, 1.54) is 19.3 Å². The predicted molar refractivity (Wildman–Crippen MR) is 67.1 cm³/mol. The van der Waals surface area contributed by atoms with Crippen LogP contribution in [0.5, 0.6) is 5.88 Å². The fourth-order valence-electron chi connectivity index (χ4n) is 2.46. The Hall–Kier alpha value is -1.09. The summed E-state index contributed by atoms with van der Waals surface area (Å²) in [7, 11) is 0. The highest BCUT2D eigenvalue weighted by molar-refractivity contribution is 5.35. The second-order valence-electron chi connectivity index (χ2n) is 4.90. The van der Waals surface area contributed by atoms with Gasteiger partial charge in [-0.2, -0.15) is 0 Å². The van der Waals surface area contributed by atoms with Crippen LogP contribution in [0.1, 0.15) is 48.9 Å². The van der Waals surface area contributed by atoms with E-state index in [9.17, 15) is 5.11 Å². The third-order valence-corrected chi connectivity index (χ3v) is 3.43. The Morgan fingerprint density at radius 3 is 2.65 bits per heavy atom. The van der Waals surface area contributed by atoms with E-state index < -0.39 is 0 Å². The number of hydrogen-bond donors (Lipinski definition) is 1. The molecule has 0 amide bonds. The molecule has 0 radical (unpaired) electrons. The van der Waals surface area contributed by atoms with Gasteiger partial charge in [0, 0.05) is 11.3 Å². The number of aromatic nitrogens is 1. The maximum atomic E-state index is 9.40. The lowest BCUT2D eigenvalue weighted by atomic mass is 9.98. The lowest BCUT2D eigenvalue weighted by Gasteiger charge is -2.24. The molecular weight excluding hydrogens is 214 g/mol. The smallest absolute Gasteiger partial charge is 0.219 e. The van der Waals surface area contributed by atoms with Crippen molar-refractivity contribution in [2.24, 2.45) is 0 Å². The molecule has 94 valence electrons. The number of hydrogen-bond acceptors (Lipinski definition) is 3. The highest BCUT2D eigenvalue weighted by Gasteiger charge is 2.18. The van der Waals surface area contributed by atoms with Crippen LogP contribution in [-0.2, 0) is 6.61 Å². The maximum Gasteiger partial charge on any atom is 0.219 e. The summed E-state index contributed by atoms with van der Waals surface area (Å²) in [6, 6.07) is 1.99. The molecule has 1 aliphatic carbocycles. The van der Waals surface area contributed by atoms with Crippen molar-refractivity contribution in [3.63, 3.8) is 0 Å². The SMILES string of the molecule is Cc1cc(C)c(CO)c(OC2CCCCC2)n1. The van der Waals surface area contributed by atoms with Crippen molar-refractivity contribution in [3.05, 3.63) is 22.9 Å². The molecule has 1 heterocycles. The summed E-state index contributed by atoms with van der Waals surface area (Å²) >= 11 is 0. The van der Waals surface area contributed by atoms with Crippen molar-refractivity contribution < 1.29 is 9.84 Å². The fraction of sp³-hybridized carbons (Fsp3) is 0.643. The van der Waals surface area contributed by atoms with Gasteiger partial charge in [0.15, 0.2) is 0 Å². The molecule has 0 bridgehead atoms. The second kappa shape index (κ2) is 5.50. The number of aliphatic hydroxyl groups is 1. The predicted octanol–water partition coefficient (Wildman–Crippen LogP) is 2.90. The minimum absolute atomic E-state index is 0.00116. The standard InChI is InChI=1S/C14H21NO2/c1-10-8-11(2)15-14(13(10)9-16)17-12-6-4-3-5-7-12/h8,12,16H,3-7,9H2,1-2H3. The molecular formula is C14H21NO2. The van der Waals surface area contributed by atoms with Crippen molar-refractivity contribution in [3.8, 4) is 5.88 Å². The van der Waals surface area contributed by atoms with E-state index in [2.05, 4.69) is 4.98 Å². The molecule has 0 saturated heterocycles. The summed E-state index contributed by atoms with van der Waals surface area (Å²) in [5.41, 5.74) is 2.84. The van der Waals surface area contributed by atoms with Gasteiger partial charge in [-0.1, -0.05) is 6.42 Å². The van der Waals surface area contributed by atoms with Gasteiger partial charge in [0.25, 0.3) is 0 Å². The summed E-state index contributed by atoms with van der Waals surface area (Å²) in [6.07, 6.45) is 6.29. The molecule has 0 spiro atoms. The second-order valence-corrected chi connectivity index (χ2v) is 4.90. The molecule has 1 aromatic rings. The Bertz CT molecular complexity index is 384. The molecule has 3 nitrogen and oxygen atoms in total. The van der Waals surface area contributed by atoms with Crippen LogP contribution in [0.25, 0.3) is 0 Å². The van der Waals surface area contributed by atoms with Crippen LogP contribution >= 0.6 is 0 Å². The van der Waals surface area contributed by atoms with Gasteiger partial charge in [-0.05, 0) is 51.2 Å². The molecule has 1 N–H and O–H groups in total. The van der Waals surface area contributed by atoms with Crippen LogP contribution in [-0.4, -0.2) is 16.2 Å². The van der Waals surface area contributed by atoms with Gasteiger partial charge >= 0.3 is 0 Å². The van der Waals surface area contributed by atoms with Gasteiger partial charge in [0.2, 0.25) is 5.88 Å². The summed E-state index contributed by atoms with van der Waals surface area (Å²) in [5.74, 6) is 0.636. The van der Waals surface area contributed by atoms with Crippen molar-refractivity contribution in [1.82, 2.24) is 4.98 Å². The lowest BCUT2D eigenvalue weighted by molar-refractivity contribution is 0.143. The molecule has 0 unspecified atom stereocenters. The van der Waals surface area contributed by atoms with E-state index in [-0.39, 0.29) is 12.7 Å². The first-order chi connectivity index (χ1) is 8.20. The van der Waals surface area contributed by atoms with Crippen molar-refractivity contribution in [2.75, 3.05) is 0 Å². The summed E-state index contributed by atoms with van der Waals surface area (Å²) in [4.78, 5) is 4.42. The Balaban J connectivity index is 2.18. The Labute approximate surface area is 103 Å². The van der Waals surface area contributed by atoms with Crippen molar-refractivity contribution >= 4 is 0 Å². The highest BCUT2D eigenvalue weighted by Crippen LogP contribution is 2.26. The zero-order valence-electron chi connectivity index (χ0n) is 10.7. The van der Waals surface area contributed by atoms with Gasteiger partial charge in [-0.25, -0.2) is 4.98 Å². The molecule has 1 aliphatic rings. The molecule has 17 heavy (non-hydrogen) atoms. The highest BCUT2D eigenvalue weighted by atomic mass is 16.5. The van der Waals surface area contributed by atoms with Gasteiger partial charge in [-0.15, -0.1) is 0 Å². The molecule has 2 rings (SSSR count). The van der Waals surface area contributed by atoms with E-state index in [0.29, 0.717) is 5.88 Å². The van der Waals surface area contributed by atoms with Gasteiger partial charge < -0.3 is 9.84 Å². The lowest BCUT2D eigenvalue weighted by Crippen LogP contribution is -2.21. The minimum atomic E-state index is 0.00116. The summed E-state index contributed by atoms with van der Waals surface area (Å²) in [5, 5.41) is 9.40. The van der Waals surface area contributed by atoms with Gasteiger partial charge in [0.1, 0.15) is 6.10 Å². The first-order valence-electron chi connectivity index (χ1n) is 6.45. The largest absolute Gasteiger partial charge is 0.474 e. The zero-order valence-corrected chi connectivity index (χ0v) is 10.7. The van der Waals surface area contributed by atoms with Crippen LogP contribution in [0, 0.1) is 13.8 Å². The van der Waals surface area contributed by atoms with Crippen LogP contribution < -0.4 is 4.74 Å². The fourth-order valence-corrected chi connectivity index (χ4v) is 2.46. The average molecular weight is 235 g/mol. The third-order valence-electron chi connectivity index (χ3n) is 3.43. The average Bonchev–Trinajstić information content (AvgIpc) is 2.30. The molecule has 1 aromatic heterocycles. The monoisotopic (exact) mass is 235 g/mol. The third kappa shape index (κ3) is 2.97. The van der Waals surface area contributed by atoms with E-state index in [1.54, 1.807) is 0 Å². The number of nitrogens with zero attached hydrogens (tertiary/aromatic N) is 1. The quantitative estimate of drug-likeness (QED) is 0.876. The van der Waals surface area contributed by atoms with Gasteiger partial charge in [0.05, 0.1) is 6.61 Å². The normalized spacial score (nSPS) is 17.1. The molecule has 0 aliphatic heterocycles. The van der Waals surface area contributed by atoms with E-state index >= 15 is 0 Å². The Morgan fingerprint density at radius 1 is 1.29 bits per heavy atom. The Morgan fingerprint density at radius 2 is 2.00 bits per heavy atom. The number of pyridine rings is 1. The van der Waals surface area contributed by atoms with Crippen LogP contribution in [0.2, 0.25) is 0 Å². The number of aryl methyl sites for hydroxylation is 2. The Kier molecular flexibility index (Phi) is 4.00. The van der Waals surface area contributed by atoms with Crippen LogP contribution in [0.4, 0.5) is 0 Å². The minimum Gasteiger partial charge on any atom is -0.474 e. The number of ether oxygens (including phenoxy) is 1. The molecule has 1 saturated carbocycles. The molecule has 3 heteroatoms. The number of aliphatic hydroxyl groups excluding tert-OH is 1. The summed E-state index contributed by atoms with van der Waals surface area (Å²) < 4.78 is 5.97. The van der Waals surface area contributed by atoms with E-state index in [4.69, 9.17) is 4.74 Å². The van der Waals surface area contributed by atoms with Crippen molar-refractivity contribution in [1.29, 1.82) is 0 Å². The molecule has 0 aromatic carbocycles. The van der Waals surface area contributed by atoms with Crippen molar-refractivity contribution in [2.45, 2.75) is 58.7 Å².